The topological polar surface area (TPSA) is 49.9 Å². The van der Waals surface area contributed by atoms with E-state index in [2.05, 4.69) is 4.74 Å². The van der Waals surface area contributed by atoms with Gasteiger partial charge in [0.25, 0.3) is 11.8 Å². The van der Waals surface area contributed by atoms with E-state index < -0.39 is 18.3 Å². The fourth-order valence-corrected chi connectivity index (χ4v) is 3.12. The van der Waals surface area contributed by atoms with E-state index in [0.717, 1.165) is 0 Å². The number of nitrogens with zero attached hydrogens (tertiary/aromatic N) is 2. The van der Waals surface area contributed by atoms with Crippen LogP contribution in [-0.4, -0.2) is 54.4 Å². The number of amides is 2. The normalized spacial score (nSPS) is 14.7. The second-order valence-corrected chi connectivity index (χ2v) is 6.32. The summed E-state index contributed by atoms with van der Waals surface area (Å²) in [4.78, 5) is 28.3. The van der Waals surface area contributed by atoms with E-state index in [-0.39, 0.29) is 35.9 Å². The number of ether oxygens (including phenoxy) is 1. The van der Waals surface area contributed by atoms with Gasteiger partial charge in [-0.15, -0.1) is 0 Å². The molecule has 8 heteroatoms. The molecule has 1 fully saturated rings. The van der Waals surface area contributed by atoms with Crippen LogP contribution in [0.25, 0.3) is 0 Å². The maximum atomic E-state index is 13.9. The Kier molecular flexibility index (Phi) is 6.18. The molecule has 3 rings (SSSR count). The van der Waals surface area contributed by atoms with Gasteiger partial charge in [-0.05, 0) is 36.8 Å². The first-order chi connectivity index (χ1) is 13.5. The third-order valence-corrected chi connectivity index (χ3v) is 4.48. The van der Waals surface area contributed by atoms with Gasteiger partial charge in [0.1, 0.15) is 11.6 Å². The molecule has 0 aromatic heterocycles. The SMILES string of the molecule is O=C(c1cccc(OC(F)F)c1)N1CCCN(C(=O)c2ccccc2F)CC1. The molecule has 1 heterocycles. The van der Waals surface area contributed by atoms with Crippen molar-refractivity contribution in [2.75, 3.05) is 26.2 Å². The van der Waals surface area contributed by atoms with E-state index in [4.69, 9.17) is 0 Å². The van der Waals surface area contributed by atoms with Crippen molar-refractivity contribution in [3.05, 3.63) is 65.5 Å². The van der Waals surface area contributed by atoms with Crippen LogP contribution < -0.4 is 4.74 Å². The summed E-state index contributed by atoms with van der Waals surface area (Å²) in [6, 6.07) is 11.4. The van der Waals surface area contributed by atoms with Crippen molar-refractivity contribution < 1.29 is 27.5 Å². The minimum absolute atomic E-state index is 0.000810. The van der Waals surface area contributed by atoms with Crippen LogP contribution in [0.1, 0.15) is 27.1 Å². The molecule has 28 heavy (non-hydrogen) atoms. The molecule has 0 aliphatic carbocycles. The second-order valence-electron chi connectivity index (χ2n) is 6.32. The van der Waals surface area contributed by atoms with Gasteiger partial charge in [0, 0.05) is 31.7 Å². The van der Waals surface area contributed by atoms with Crippen molar-refractivity contribution >= 4 is 11.8 Å². The number of hydrogen-bond donors (Lipinski definition) is 0. The van der Waals surface area contributed by atoms with Crippen molar-refractivity contribution in [1.82, 2.24) is 9.80 Å². The molecule has 2 amide bonds. The van der Waals surface area contributed by atoms with Crippen LogP contribution in [0.15, 0.2) is 48.5 Å². The van der Waals surface area contributed by atoms with Gasteiger partial charge in [0.2, 0.25) is 0 Å². The zero-order valence-corrected chi connectivity index (χ0v) is 15.0. The predicted molar refractivity (Wildman–Crippen MR) is 95.9 cm³/mol. The van der Waals surface area contributed by atoms with E-state index >= 15 is 0 Å². The van der Waals surface area contributed by atoms with Gasteiger partial charge < -0.3 is 14.5 Å². The quantitative estimate of drug-likeness (QED) is 0.801. The maximum absolute atomic E-state index is 13.9. The first-order valence-electron chi connectivity index (χ1n) is 8.83. The Morgan fingerprint density at radius 2 is 1.57 bits per heavy atom. The van der Waals surface area contributed by atoms with Gasteiger partial charge in [-0.25, -0.2) is 4.39 Å². The molecule has 1 aliphatic heterocycles. The van der Waals surface area contributed by atoms with Crippen LogP contribution in [-0.2, 0) is 0 Å². The molecular formula is C20H19F3N2O3. The molecule has 2 aromatic rings. The highest BCUT2D eigenvalue weighted by Crippen LogP contribution is 2.19. The van der Waals surface area contributed by atoms with E-state index in [1.807, 2.05) is 0 Å². The molecule has 1 aliphatic rings. The van der Waals surface area contributed by atoms with E-state index in [0.29, 0.717) is 19.5 Å². The standard InChI is InChI=1S/C20H19F3N2O3/c21-17-8-2-1-7-16(17)19(27)25-10-4-9-24(11-12-25)18(26)14-5-3-6-15(13-14)28-20(22)23/h1-3,5-8,13,20H,4,9-12H2. The fraction of sp³-hybridized carbons (Fsp3) is 0.300. The molecule has 5 nitrogen and oxygen atoms in total. The average Bonchev–Trinajstić information content (AvgIpc) is 2.93. The summed E-state index contributed by atoms with van der Waals surface area (Å²) in [6.45, 7) is -1.65. The monoisotopic (exact) mass is 392 g/mol. The minimum Gasteiger partial charge on any atom is -0.435 e. The van der Waals surface area contributed by atoms with Crippen molar-refractivity contribution in [1.29, 1.82) is 0 Å². The van der Waals surface area contributed by atoms with Gasteiger partial charge >= 0.3 is 6.61 Å². The number of benzene rings is 2. The third-order valence-electron chi connectivity index (χ3n) is 4.48. The molecule has 0 saturated carbocycles. The molecule has 0 atom stereocenters. The Morgan fingerprint density at radius 3 is 2.25 bits per heavy atom. The summed E-state index contributed by atoms with van der Waals surface area (Å²) in [7, 11) is 0. The van der Waals surface area contributed by atoms with Gasteiger partial charge in [0.05, 0.1) is 5.56 Å². The molecular weight excluding hydrogens is 373 g/mol. The van der Waals surface area contributed by atoms with Crippen LogP contribution >= 0.6 is 0 Å². The van der Waals surface area contributed by atoms with Crippen LogP contribution in [0.5, 0.6) is 5.75 Å². The summed E-state index contributed by atoms with van der Waals surface area (Å²) in [5, 5.41) is 0. The lowest BCUT2D eigenvalue weighted by atomic mass is 10.2. The zero-order valence-electron chi connectivity index (χ0n) is 15.0. The van der Waals surface area contributed by atoms with Crippen LogP contribution in [0.2, 0.25) is 0 Å². The van der Waals surface area contributed by atoms with Gasteiger partial charge in [-0.1, -0.05) is 18.2 Å². The van der Waals surface area contributed by atoms with E-state index in [1.165, 1.54) is 47.4 Å². The molecule has 2 aromatic carbocycles. The van der Waals surface area contributed by atoms with Gasteiger partial charge in [-0.3, -0.25) is 9.59 Å². The smallest absolute Gasteiger partial charge is 0.387 e. The number of alkyl halides is 2. The zero-order chi connectivity index (χ0) is 20.1. The minimum atomic E-state index is -2.97. The first-order valence-corrected chi connectivity index (χ1v) is 8.83. The Hall–Kier alpha value is -3.03. The van der Waals surface area contributed by atoms with Crippen LogP contribution in [0.4, 0.5) is 13.2 Å². The fourth-order valence-electron chi connectivity index (χ4n) is 3.12. The number of halogens is 3. The second kappa shape index (κ2) is 8.77. The Morgan fingerprint density at radius 1 is 0.893 bits per heavy atom. The van der Waals surface area contributed by atoms with Crippen molar-refractivity contribution in [2.24, 2.45) is 0 Å². The largest absolute Gasteiger partial charge is 0.435 e. The summed E-state index contributed by atoms with van der Waals surface area (Å²) in [6.07, 6.45) is 0.527. The molecule has 1 saturated heterocycles. The molecule has 0 N–H and O–H groups in total. The highest BCUT2D eigenvalue weighted by Gasteiger charge is 2.25. The maximum Gasteiger partial charge on any atom is 0.387 e. The Bertz CT molecular complexity index is 860. The Labute approximate surface area is 160 Å². The average molecular weight is 392 g/mol. The lowest BCUT2D eigenvalue weighted by Crippen LogP contribution is -2.37. The molecule has 0 radical (unpaired) electrons. The molecule has 0 bridgehead atoms. The highest BCUT2D eigenvalue weighted by molar-refractivity contribution is 5.95. The van der Waals surface area contributed by atoms with Crippen molar-refractivity contribution in [2.45, 2.75) is 13.0 Å². The first kappa shape index (κ1) is 19.7. The molecule has 0 unspecified atom stereocenters. The molecule has 148 valence electrons. The summed E-state index contributed by atoms with van der Waals surface area (Å²) < 4.78 is 42.9. The van der Waals surface area contributed by atoms with E-state index in [9.17, 15) is 22.8 Å². The van der Waals surface area contributed by atoms with Crippen molar-refractivity contribution in [3.63, 3.8) is 0 Å². The third kappa shape index (κ3) is 4.62. The highest BCUT2D eigenvalue weighted by atomic mass is 19.3. The number of hydrogen-bond acceptors (Lipinski definition) is 3. The lowest BCUT2D eigenvalue weighted by Gasteiger charge is -2.22. The van der Waals surface area contributed by atoms with Crippen LogP contribution in [0.3, 0.4) is 0 Å². The Balaban J connectivity index is 1.67. The summed E-state index contributed by atoms with van der Waals surface area (Å²) >= 11 is 0. The lowest BCUT2D eigenvalue weighted by molar-refractivity contribution is -0.0499. The number of rotatable bonds is 4. The van der Waals surface area contributed by atoms with Crippen molar-refractivity contribution in [3.8, 4) is 5.75 Å². The molecule has 0 spiro atoms. The number of carbonyl (C=O) groups excluding carboxylic acids is 2. The van der Waals surface area contributed by atoms with Crippen LogP contribution in [0, 0.1) is 5.82 Å². The predicted octanol–water partition coefficient (Wildman–Crippen LogP) is 3.42. The summed E-state index contributed by atoms with van der Waals surface area (Å²) in [5.41, 5.74) is 0.228. The van der Waals surface area contributed by atoms with Gasteiger partial charge in [0.15, 0.2) is 0 Å². The number of carbonyl (C=O) groups is 2. The summed E-state index contributed by atoms with van der Waals surface area (Å²) in [5.74, 6) is -1.42. The van der Waals surface area contributed by atoms with E-state index in [1.54, 1.807) is 11.0 Å². The van der Waals surface area contributed by atoms with Gasteiger partial charge in [-0.2, -0.15) is 8.78 Å².